The van der Waals surface area contributed by atoms with E-state index in [1.165, 1.54) is 4.90 Å². The van der Waals surface area contributed by atoms with Gasteiger partial charge in [-0.2, -0.15) is 5.26 Å². The minimum absolute atomic E-state index is 0.0581. The molecular weight excluding hydrogens is 406 g/mol. The first kappa shape index (κ1) is 21.7. The van der Waals surface area contributed by atoms with Crippen molar-refractivity contribution < 1.29 is 19.1 Å². The third-order valence-electron chi connectivity index (χ3n) is 5.82. The molecule has 1 atom stereocenters. The summed E-state index contributed by atoms with van der Waals surface area (Å²) in [5, 5.41) is 12.4. The van der Waals surface area contributed by atoms with Crippen molar-refractivity contribution in [1.29, 1.82) is 5.26 Å². The van der Waals surface area contributed by atoms with Gasteiger partial charge in [-0.1, -0.05) is 48.5 Å². The van der Waals surface area contributed by atoms with Crippen molar-refractivity contribution in [1.82, 2.24) is 10.2 Å². The van der Waals surface area contributed by atoms with E-state index in [0.29, 0.717) is 13.0 Å². The molecule has 2 aromatic rings. The van der Waals surface area contributed by atoms with Gasteiger partial charge in [0.05, 0.1) is 12.6 Å². The Balaban J connectivity index is 1.40. The van der Waals surface area contributed by atoms with Crippen LogP contribution < -0.4 is 5.32 Å². The number of ether oxygens (including phenoxy) is 2. The minimum Gasteiger partial charge on any atom is -0.449 e. The molecule has 1 aliphatic heterocycles. The summed E-state index contributed by atoms with van der Waals surface area (Å²) in [6.07, 6.45) is -0.851. The van der Waals surface area contributed by atoms with E-state index in [-0.39, 0.29) is 19.1 Å². The van der Waals surface area contributed by atoms with Crippen LogP contribution in [0.1, 0.15) is 44.2 Å². The van der Waals surface area contributed by atoms with Crippen molar-refractivity contribution in [3.63, 3.8) is 0 Å². The number of nitrogens with zero attached hydrogens (tertiary/aromatic N) is 2. The van der Waals surface area contributed by atoms with E-state index >= 15 is 0 Å². The molecule has 7 nitrogen and oxygen atoms in total. The van der Waals surface area contributed by atoms with Gasteiger partial charge in [0.15, 0.2) is 0 Å². The van der Waals surface area contributed by atoms with E-state index in [9.17, 15) is 14.9 Å². The summed E-state index contributed by atoms with van der Waals surface area (Å²) in [5.41, 5.74) is 2.71. The van der Waals surface area contributed by atoms with Crippen LogP contribution in [0.2, 0.25) is 0 Å². The molecule has 1 N–H and O–H groups in total. The second-order valence-electron chi connectivity index (χ2n) is 9.30. The summed E-state index contributed by atoms with van der Waals surface area (Å²) in [6, 6.07) is 18.4. The Bertz CT molecular complexity index is 1040. The lowest BCUT2D eigenvalue weighted by molar-refractivity contribution is 0.0284. The molecule has 2 aliphatic rings. The first-order valence-electron chi connectivity index (χ1n) is 10.7. The number of benzene rings is 2. The van der Waals surface area contributed by atoms with Crippen LogP contribution in [0.25, 0.3) is 11.1 Å². The van der Waals surface area contributed by atoms with Crippen molar-refractivity contribution in [3.8, 4) is 17.2 Å². The van der Waals surface area contributed by atoms with E-state index < -0.39 is 23.3 Å². The highest BCUT2D eigenvalue weighted by atomic mass is 16.6. The molecule has 2 amide bonds. The number of likely N-dealkylation sites (tertiary alicyclic amines) is 1. The van der Waals surface area contributed by atoms with Crippen molar-refractivity contribution >= 4 is 12.2 Å². The normalized spacial score (nSPS) is 19.6. The lowest BCUT2D eigenvalue weighted by Crippen LogP contribution is -2.50. The number of carbonyl (C=O) groups excluding carboxylic acids is 2. The van der Waals surface area contributed by atoms with Gasteiger partial charge in [0.1, 0.15) is 17.7 Å². The standard InChI is InChI=1S/C25H27N3O4/c1-24(2,3)32-23(30)28-13-12-25(15-26,16-28)27-22(29)31-14-21-19-10-6-4-8-17(19)18-9-5-7-11-20(18)21/h4-11,21H,12-14,16H2,1-3H3,(H,27,29)/t25-/m0/s1. The van der Waals surface area contributed by atoms with Crippen LogP contribution in [-0.4, -0.2) is 47.9 Å². The van der Waals surface area contributed by atoms with E-state index in [1.807, 2.05) is 36.4 Å². The van der Waals surface area contributed by atoms with Crippen LogP contribution in [0.5, 0.6) is 0 Å². The van der Waals surface area contributed by atoms with Crippen LogP contribution in [0.4, 0.5) is 9.59 Å². The predicted octanol–water partition coefficient (Wildman–Crippen LogP) is 4.43. The van der Waals surface area contributed by atoms with Crippen molar-refractivity contribution in [3.05, 3.63) is 59.7 Å². The Labute approximate surface area is 187 Å². The summed E-state index contributed by atoms with van der Waals surface area (Å²) >= 11 is 0. The number of rotatable bonds is 3. The Kier molecular flexibility index (Phi) is 5.55. The molecule has 4 rings (SSSR count). The first-order valence-corrected chi connectivity index (χ1v) is 10.7. The molecule has 1 fully saturated rings. The molecule has 1 heterocycles. The number of alkyl carbamates (subject to hydrolysis) is 1. The summed E-state index contributed by atoms with van der Waals surface area (Å²) in [4.78, 5) is 26.4. The summed E-state index contributed by atoms with van der Waals surface area (Å²) in [7, 11) is 0. The maximum absolute atomic E-state index is 12.6. The average molecular weight is 434 g/mol. The van der Waals surface area contributed by atoms with Gasteiger partial charge in [-0.15, -0.1) is 0 Å². The second kappa shape index (κ2) is 8.19. The summed E-state index contributed by atoms with van der Waals surface area (Å²) < 4.78 is 10.9. The van der Waals surface area contributed by atoms with Gasteiger partial charge >= 0.3 is 12.2 Å². The minimum atomic E-state index is -1.19. The average Bonchev–Trinajstić information content (AvgIpc) is 3.31. The number of nitrogens with one attached hydrogen (secondary N) is 1. The quantitative estimate of drug-likeness (QED) is 0.773. The largest absolute Gasteiger partial charge is 0.449 e. The van der Waals surface area contributed by atoms with Gasteiger partial charge < -0.3 is 19.7 Å². The molecule has 0 aromatic heterocycles. The first-order chi connectivity index (χ1) is 15.2. The molecule has 166 valence electrons. The van der Waals surface area contributed by atoms with Gasteiger partial charge in [0.25, 0.3) is 0 Å². The van der Waals surface area contributed by atoms with E-state index in [0.717, 1.165) is 22.3 Å². The molecule has 7 heteroatoms. The number of hydrogen-bond donors (Lipinski definition) is 1. The fourth-order valence-electron chi connectivity index (χ4n) is 4.34. The van der Waals surface area contributed by atoms with Gasteiger partial charge in [-0.05, 0) is 43.0 Å². The molecule has 1 aliphatic carbocycles. The molecule has 0 unspecified atom stereocenters. The molecule has 0 spiro atoms. The van der Waals surface area contributed by atoms with E-state index in [2.05, 4.69) is 23.5 Å². The number of fused-ring (bicyclic) bond motifs is 3. The van der Waals surface area contributed by atoms with Gasteiger partial charge in [0, 0.05) is 18.9 Å². The van der Waals surface area contributed by atoms with Gasteiger partial charge in [-0.25, -0.2) is 9.59 Å². The maximum atomic E-state index is 12.6. The molecule has 0 radical (unpaired) electrons. The molecule has 1 saturated heterocycles. The lowest BCUT2D eigenvalue weighted by atomic mass is 9.98. The molecule has 0 saturated carbocycles. The van der Waals surface area contributed by atoms with E-state index in [4.69, 9.17) is 9.47 Å². The number of carbonyl (C=O) groups is 2. The van der Waals surface area contributed by atoms with Crippen LogP contribution in [0.15, 0.2) is 48.5 Å². The highest BCUT2D eigenvalue weighted by molar-refractivity contribution is 5.79. The van der Waals surface area contributed by atoms with Crippen molar-refractivity contribution in [2.24, 2.45) is 0 Å². The van der Waals surface area contributed by atoms with Crippen molar-refractivity contribution in [2.45, 2.75) is 44.2 Å². The SMILES string of the molecule is CC(C)(C)OC(=O)N1CC[C@@](C#N)(NC(=O)OCC2c3ccccc3-c3ccccc32)C1. The Morgan fingerprint density at radius 1 is 1.12 bits per heavy atom. The third kappa shape index (κ3) is 4.26. The molecule has 32 heavy (non-hydrogen) atoms. The maximum Gasteiger partial charge on any atom is 0.410 e. The van der Waals surface area contributed by atoms with Gasteiger partial charge in [0.2, 0.25) is 0 Å². The number of nitriles is 1. The van der Waals surface area contributed by atoms with Crippen molar-refractivity contribution in [2.75, 3.05) is 19.7 Å². The smallest absolute Gasteiger partial charge is 0.410 e. The Hall–Kier alpha value is -3.53. The van der Waals surface area contributed by atoms with E-state index in [1.54, 1.807) is 20.8 Å². The highest BCUT2D eigenvalue weighted by Crippen LogP contribution is 2.44. The Morgan fingerprint density at radius 3 is 2.28 bits per heavy atom. The number of amides is 2. The monoisotopic (exact) mass is 433 g/mol. The van der Waals surface area contributed by atoms with Crippen LogP contribution in [-0.2, 0) is 9.47 Å². The second-order valence-corrected chi connectivity index (χ2v) is 9.30. The zero-order valence-electron chi connectivity index (χ0n) is 18.6. The third-order valence-corrected chi connectivity index (χ3v) is 5.82. The fourth-order valence-corrected chi connectivity index (χ4v) is 4.34. The zero-order valence-corrected chi connectivity index (χ0v) is 18.6. The van der Waals surface area contributed by atoms with Gasteiger partial charge in [-0.3, -0.25) is 0 Å². The topological polar surface area (TPSA) is 91.7 Å². The molecular formula is C25H27N3O4. The summed E-state index contributed by atoms with van der Waals surface area (Å²) in [6.45, 7) is 5.90. The highest BCUT2D eigenvalue weighted by Gasteiger charge is 2.43. The lowest BCUT2D eigenvalue weighted by Gasteiger charge is -2.26. The molecule has 2 aromatic carbocycles. The zero-order chi connectivity index (χ0) is 22.9. The molecule has 0 bridgehead atoms. The predicted molar refractivity (Wildman–Crippen MR) is 119 cm³/mol. The van der Waals surface area contributed by atoms with Crippen LogP contribution >= 0.6 is 0 Å². The van der Waals surface area contributed by atoms with Crippen LogP contribution in [0.3, 0.4) is 0 Å². The van der Waals surface area contributed by atoms with Crippen LogP contribution in [0, 0.1) is 11.3 Å². The Morgan fingerprint density at radius 2 is 1.72 bits per heavy atom. The summed E-state index contributed by atoms with van der Waals surface area (Å²) in [5.74, 6) is -0.0620. The fraction of sp³-hybridized carbons (Fsp3) is 0.400. The number of hydrogen-bond acceptors (Lipinski definition) is 5.